The molecule has 25 heavy (non-hydrogen) atoms. The molecule has 0 spiro atoms. The van der Waals surface area contributed by atoms with Gasteiger partial charge in [0, 0.05) is 17.2 Å². The molecule has 0 amide bonds. The molecule has 1 aliphatic heterocycles. The first-order valence-corrected chi connectivity index (χ1v) is 7.77. The number of hydrogen-bond donors (Lipinski definition) is 1. The molecular formula is C18H28O7. The van der Waals surface area contributed by atoms with Gasteiger partial charge in [-0.3, -0.25) is 0 Å². The molecule has 1 aliphatic rings. The maximum Gasteiger partial charge on any atom is 0.333 e. The number of carboxylic acids is 1. The maximum absolute atomic E-state index is 10.7. The molecule has 1 fully saturated rings. The lowest BCUT2D eigenvalue weighted by Gasteiger charge is -1.99. The Morgan fingerprint density at radius 3 is 2.04 bits per heavy atom. The molecule has 7 heteroatoms. The number of epoxide rings is 1. The number of carbonyl (C=O) groups excluding carboxylic acids is 2. The molecule has 0 saturated carbocycles. The van der Waals surface area contributed by atoms with Gasteiger partial charge in [-0.1, -0.05) is 33.1 Å². The second-order valence-corrected chi connectivity index (χ2v) is 5.14. The summed E-state index contributed by atoms with van der Waals surface area (Å²) in [6.07, 6.45) is 3.29. The van der Waals surface area contributed by atoms with Crippen molar-refractivity contribution in [3.63, 3.8) is 0 Å². The molecule has 1 N–H and O–H groups in total. The molecule has 142 valence electrons. The molecule has 0 aromatic heterocycles. The van der Waals surface area contributed by atoms with Gasteiger partial charge >= 0.3 is 17.9 Å². The smallest absolute Gasteiger partial charge is 0.333 e. The van der Waals surface area contributed by atoms with Gasteiger partial charge in [-0.05, 0) is 20.3 Å². The van der Waals surface area contributed by atoms with E-state index < -0.39 is 5.97 Å². The van der Waals surface area contributed by atoms with Crippen molar-refractivity contribution in [3.05, 3.63) is 37.0 Å². The summed E-state index contributed by atoms with van der Waals surface area (Å²) in [5.74, 6) is -1.60. The van der Waals surface area contributed by atoms with Crippen LogP contribution in [0.5, 0.6) is 0 Å². The lowest BCUT2D eigenvalue weighted by atomic mass is 10.4. The fourth-order valence-electron chi connectivity index (χ4n) is 0.832. The van der Waals surface area contributed by atoms with E-state index in [2.05, 4.69) is 24.5 Å². The van der Waals surface area contributed by atoms with Crippen molar-refractivity contribution in [3.8, 4) is 0 Å². The van der Waals surface area contributed by atoms with E-state index in [-0.39, 0.29) is 23.6 Å². The third kappa shape index (κ3) is 19.5. The summed E-state index contributed by atoms with van der Waals surface area (Å²) >= 11 is 0. The number of carboxylic acid groups (broad SMARTS) is 1. The zero-order valence-electron chi connectivity index (χ0n) is 15.2. The van der Waals surface area contributed by atoms with Gasteiger partial charge in [-0.25, -0.2) is 14.4 Å². The van der Waals surface area contributed by atoms with Gasteiger partial charge in [0.2, 0.25) is 0 Å². The summed E-state index contributed by atoms with van der Waals surface area (Å²) in [6, 6.07) is 0. The largest absolute Gasteiger partial charge is 0.478 e. The van der Waals surface area contributed by atoms with E-state index in [9.17, 15) is 14.4 Å². The summed E-state index contributed by atoms with van der Waals surface area (Å²) in [6.45, 7) is 16.6. The van der Waals surface area contributed by atoms with Crippen molar-refractivity contribution in [2.45, 2.75) is 39.7 Å². The van der Waals surface area contributed by atoms with Crippen LogP contribution in [0.1, 0.15) is 33.6 Å². The fourth-order valence-corrected chi connectivity index (χ4v) is 0.832. The van der Waals surface area contributed by atoms with Crippen molar-refractivity contribution in [2.24, 2.45) is 0 Å². The number of ether oxygens (including phenoxy) is 3. The molecule has 0 aliphatic carbocycles. The highest BCUT2D eigenvalue weighted by atomic mass is 16.6. The Morgan fingerprint density at radius 2 is 1.72 bits per heavy atom. The zero-order valence-corrected chi connectivity index (χ0v) is 15.2. The summed E-state index contributed by atoms with van der Waals surface area (Å²) in [7, 11) is 0. The minimum atomic E-state index is -0.935. The van der Waals surface area contributed by atoms with Gasteiger partial charge in [0.1, 0.15) is 12.7 Å². The van der Waals surface area contributed by atoms with E-state index in [0.29, 0.717) is 25.4 Å². The van der Waals surface area contributed by atoms with Crippen LogP contribution < -0.4 is 0 Å². The van der Waals surface area contributed by atoms with Crippen LogP contribution in [0.4, 0.5) is 0 Å². The lowest BCUT2D eigenvalue weighted by Crippen LogP contribution is -2.09. The Bertz CT molecular complexity index is 464. The standard InChI is InChI=1S/C7H10O3.C7H12O2.C4H6O2/c1-5(2)7(8)10-4-6-3-9-6;1-3-5-6-9-7(8)4-2;1-3(2)4(5)6/h6H,1,3-4H2,2H3;4H,2-3,5-6H2,1H3;1H2,2H3,(H,5,6). The van der Waals surface area contributed by atoms with Crippen LogP contribution >= 0.6 is 0 Å². The van der Waals surface area contributed by atoms with Crippen LogP contribution in [-0.4, -0.2) is 48.9 Å². The fraction of sp³-hybridized carbons (Fsp3) is 0.500. The van der Waals surface area contributed by atoms with Gasteiger partial charge in [0.05, 0.1) is 13.2 Å². The van der Waals surface area contributed by atoms with Gasteiger partial charge in [0.25, 0.3) is 0 Å². The molecule has 1 saturated heterocycles. The molecule has 0 bridgehead atoms. The highest BCUT2D eigenvalue weighted by Crippen LogP contribution is 2.09. The molecular weight excluding hydrogens is 328 g/mol. The average Bonchev–Trinajstić information content (AvgIpc) is 3.38. The predicted octanol–water partition coefficient (Wildman–Crippen LogP) is 2.67. The molecule has 0 radical (unpaired) electrons. The number of hydrogen-bond acceptors (Lipinski definition) is 6. The lowest BCUT2D eigenvalue weighted by molar-refractivity contribution is -0.139. The maximum atomic E-state index is 10.7. The number of aliphatic carboxylic acids is 1. The van der Waals surface area contributed by atoms with E-state index in [4.69, 9.17) is 14.6 Å². The monoisotopic (exact) mass is 356 g/mol. The van der Waals surface area contributed by atoms with Crippen LogP contribution in [0, 0.1) is 0 Å². The molecule has 1 rings (SSSR count). The number of esters is 2. The third-order valence-electron chi connectivity index (χ3n) is 2.43. The SMILES string of the molecule is C=C(C)C(=O)O.C=C(C)C(=O)OCC1CO1.C=CC(=O)OCCCC. The Kier molecular flexibility index (Phi) is 15.0. The molecule has 1 unspecified atom stereocenters. The minimum Gasteiger partial charge on any atom is -0.478 e. The molecule has 1 heterocycles. The Morgan fingerprint density at radius 1 is 1.20 bits per heavy atom. The number of rotatable bonds is 8. The molecule has 1 atom stereocenters. The van der Waals surface area contributed by atoms with E-state index in [1.807, 2.05) is 6.92 Å². The van der Waals surface area contributed by atoms with Crippen molar-refractivity contribution in [1.29, 1.82) is 0 Å². The Balaban J connectivity index is 0. The van der Waals surface area contributed by atoms with Gasteiger partial charge < -0.3 is 19.3 Å². The third-order valence-corrected chi connectivity index (χ3v) is 2.43. The summed E-state index contributed by atoms with van der Waals surface area (Å²) < 4.78 is 14.3. The first kappa shape index (κ1) is 24.8. The first-order chi connectivity index (χ1) is 11.6. The van der Waals surface area contributed by atoms with Crippen molar-refractivity contribution >= 4 is 17.9 Å². The van der Waals surface area contributed by atoms with Gasteiger partial charge in [0.15, 0.2) is 0 Å². The van der Waals surface area contributed by atoms with Crippen LogP contribution in [0.3, 0.4) is 0 Å². The Hall–Kier alpha value is -2.41. The highest BCUT2D eigenvalue weighted by molar-refractivity contribution is 5.87. The second-order valence-electron chi connectivity index (χ2n) is 5.14. The first-order valence-electron chi connectivity index (χ1n) is 7.77. The topological polar surface area (TPSA) is 102 Å². The van der Waals surface area contributed by atoms with Crippen LogP contribution in [0.2, 0.25) is 0 Å². The van der Waals surface area contributed by atoms with Gasteiger partial charge in [-0.15, -0.1) is 0 Å². The molecule has 0 aromatic carbocycles. The average molecular weight is 356 g/mol. The van der Waals surface area contributed by atoms with E-state index in [1.165, 1.54) is 13.0 Å². The van der Waals surface area contributed by atoms with Crippen LogP contribution in [-0.2, 0) is 28.6 Å². The van der Waals surface area contributed by atoms with Crippen LogP contribution in [0.15, 0.2) is 37.0 Å². The minimum absolute atomic E-state index is 0.142. The summed E-state index contributed by atoms with van der Waals surface area (Å²) in [4.78, 5) is 30.6. The summed E-state index contributed by atoms with van der Waals surface area (Å²) in [5.41, 5.74) is 0.607. The van der Waals surface area contributed by atoms with Crippen molar-refractivity contribution in [1.82, 2.24) is 0 Å². The van der Waals surface area contributed by atoms with E-state index in [1.54, 1.807) is 6.92 Å². The van der Waals surface area contributed by atoms with Crippen molar-refractivity contribution in [2.75, 3.05) is 19.8 Å². The van der Waals surface area contributed by atoms with E-state index in [0.717, 1.165) is 12.8 Å². The van der Waals surface area contributed by atoms with E-state index >= 15 is 0 Å². The number of unbranched alkanes of at least 4 members (excludes halogenated alkanes) is 1. The van der Waals surface area contributed by atoms with Crippen LogP contribution in [0.25, 0.3) is 0 Å². The molecule has 7 nitrogen and oxygen atoms in total. The normalized spacial score (nSPS) is 13.6. The van der Waals surface area contributed by atoms with Gasteiger partial charge in [-0.2, -0.15) is 0 Å². The predicted molar refractivity (Wildman–Crippen MR) is 94.0 cm³/mol. The summed E-state index contributed by atoms with van der Waals surface area (Å²) in [5, 5.41) is 7.89. The number of carbonyl (C=O) groups is 3. The highest BCUT2D eigenvalue weighted by Gasteiger charge is 2.24. The zero-order chi connectivity index (χ0) is 19.8. The second kappa shape index (κ2) is 15.1. The quantitative estimate of drug-likeness (QED) is 0.309. The molecule has 0 aromatic rings. The Labute approximate surface area is 148 Å². The van der Waals surface area contributed by atoms with Crippen molar-refractivity contribution < 1.29 is 33.7 Å².